The number of nitrogens with one attached hydrogen (secondary N) is 1. The Morgan fingerprint density at radius 2 is 1.85 bits per heavy atom. The quantitative estimate of drug-likeness (QED) is 0.612. The van der Waals surface area contributed by atoms with E-state index in [1.54, 1.807) is 19.1 Å². The summed E-state index contributed by atoms with van der Waals surface area (Å²) >= 11 is 0. The van der Waals surface area contributed by atoms with Gasteiger partial charge in [0.25, 0.3) is 0 Å². The number of rotatable bonds is 8. The van der Waals surface area contributed by atoms with Crippen LogP contribution in [0.25, 0.3) is 0 Å². The Labute approximate surface area is 120 Å². The average Bonchev–Trinajstić information content (AvgIpc) is 2.37. The monoisotopic (exact) mass is 308 g/mol. The van der Waals surface area contributed by atoms with Gasteiger partial charge in [0.05, 0.1) is 24.7 Å². The van der Waals surface area contributed by atoms with Gasteiger partial charge in [-0.3, -0.25) is 4.79 Å². The summed E-state index contributed by atoms with van der Waals surface area (Å²) in [6.45, 7) is 2.28. The van der Waals surface area contributed by atoms with Gasteiger partial charge in [-0.15, -0.1) is 0 Å². The summed E-state index contributed by atoms with van der Waals surface area (Å²) in [6, 6.07) is -0.297. The third-order valence-corrected chi connectivity index (χ3v) is 4.94. The van der Waals surface area contributed by atoms with Gasteiger partial charge in [0.15, 0.2) is 9.84 Å². The maximum atomic E-state index is 12.2. The summed E-state index contributed by atoms with van der Waals surface area (Å²) in [7, 11) is 0.135. The van der Waals surface area contributed by atoms with E-state index in [4.69, 9.17) is 9.47 Å². The van der Waals surface area contributed by atoms with Gasteiger partial charge in [0.1, 0.15) is 0 Å². The van der Waals surface area contributed by atoms with Gasteiger partial charge in [-0.25, -0.2) is 8.42 Å². The molecule has 1 saturated heterocycles. The average molecular weight is 308 g/mol. The molecule has 7 nitrogen and oxygen atoms in total. The van der Waals surface area contributed by atoms with Gasteiger partial charge in [0, 0.05) is 46.3 Å². The molecule has 0 saturated carbocycles. The summed E-state index contributed by atoms with van der Waals surface area (Å²) in [6.07, 6.45) is 0.187. The molecule has 0 bridgehead atoms. The molecule has 0 aromatic heterocycles. The van der Waals surface area contributed by atoms with E-state index in [0.29, 0.717) is 32.8 Å². The summed E-state index contributed by atoms with van der Waals surface area (Å²) in [5.74, 6) is 0.101. The first-order chi connectivity index (χ1) is 9.48. The van der Waals surface area contributed by atoms with Crippen molar-refractivity contribution in [1.29, 1.82) is 0 Å². The molecule has 1 aliphatic rings. The number of ether oxygens (including phenoxy) is 2. The lowest BCUT2D eigenvalue weighted by molar-refractivity contribution is -0.132. The topological polar surface area (TPSA) is 84.9 Å². The lowest BCUT2D eigenvalue weighted by atomic mass is 10.2. The third kappa shape index (κ3) is 6.17. The second-order valence-corrected chi connectivity index (χ2v) is 7.06. The van der Waals surface area contributed by atoms with Crippen molar-refractivity contribution in [2.45, 2.75) is 12.5 Å². The zero-order valence-electron chi connectivity index (χ0n) is 12.1. The molecule has 1 rings (SSSR count). The Bertz CT molecular complexity index is 391. The van der Waals surface area contributed by atoms with Gasteiger partial charge < -0.3 is 19.7 Å². The van der Waals surface area contributed by atoms with Crippen LogP contribution in [-0.4, -0.2) is 83.8 Å². The van der Waals surface area contributed by atoms with Gasteiger partial charge in [-0.05, 0) is 0 Å². The van der Waals surface area contributed by atoms with E-state index in [9.17, 15) is 13.2 Å². The summed E-state index contributed by atoms with van der Waals surface area (Å²) in [4.78, 5) is 13.9. The van der Waals surface area contributed by atoms with E-state index in [0.717, 1.165) is 0 Å². The van der Waals surface area contributed by atoms with Crippen LogP contribution in [0.3, 0.4) is 0 Å². The largest absolute Gasteiger partial charge is 0.383 e. The van der Waals surface area contributed by atoms with E-state index in [1.807, 2.05) is 0 Å². The number of sulfone groups is 1. The lowest BCUT2D eigenvalue weighted by Gasteiger charge is -2.27. The molecule has 0 aliphatic carbocycles. The summed E-state index contributed by atoms with van der Waals surface area (Å²) in [5.41, 5.74) is 0. The first-order valence-electron chi connectivity index (χ1n) is 6.68. The van der Waals surface area contributed by atoms with Crippen molar-refractivity contribution in [1.82, 2.24) is 10.2 Å². The van der Waals surface area contributed by atoms with Crippen molar-refractivity contribution in [3.63, 3.8) is 0 Å². The Kier molecular flexibility index (Phi) is 7.42. The normalized spacial score (nSPS) is 21.6. The molecular formula is C12H24N2O5S. The Morgan fingerprint density at radius 1 is 1.25 bits per heavy atom. The second-order valence-electron chi connectivity index (χ2n) is 4.84. The van der Waals surface area contributed by atoms with Crippen LogP contribution < -0.4 is 5.32 Å². The predicted octanol–water partition coefficient (Wildman–Crippen LogP) is -1.12. The van der Waals surface area contributed by atoms with Crippen LogP contribution in [0.15, 0.2) is 0 Å². The van der Waals surface area contributed by atoms with Crippen LogP contribution in [0.5, 0.6) is 0 Å². The summed E-state index contributed by atoms with van der Waals surface area (Å²) in [5, 5.41) is 3.08. The maximum absolute atomic E-state index is 12.2. The zero-order chi connectivity index (χ0) is 15.0. The number of hydrogen-bond donors (Lipinski definition) is 1. The first-order valence-corrected chi connectivity index (χ1v) is 8.50. The van der Waals surface area contributed by atoms with E-state index in [-0.39, 0.29) is 29.9 Å². The van der Waals surface area contributed by atoms with Crippen LogP contribution in [0.4, 0.5) is 0 Å². The van der Waals surface area contributed by atoms with Crippen molar-refractivity contribution in [2.75, 3.05) is 58.6 Å². The van der Waals surface area contributed by atoms with Crippen molar-refractivity contribution < 1.29 is 22.7 Å². The smallest absolute Gasteiger partial charge is 0.224 e. The SMILES string of the molecule is COCCN(CCOC)C(=O)CC1CS(=O)(=O)CCN1. The minimum absolute atomic E-state index is 0.0289. The second kappa shape index (κ2) is 8.56. The van der Waals surface area contributed by atoms with Crippen molar-refractivity contribution in [2.24, 2.45) is 0 Å². The molecular weight excluding hydrogens is 284 g/mol. The summed E-state index contributed by atoms with van der Waals surface area (Å²) < 4.78 is 33.1. The molecule has 0 spiro atoms. The number of nitrogens with zero attached hydrogens (tertiary/aromatic N) is 1. The third-order valence-electron chi connectivity index (χ3n) is 3.21. The Balaban J connectivity index is 2.51. The Morgan fingerprint density at radius 3 is 2.35 bits per heavy atom. The number of hydrogen-bond acceptors (Lipinski definition) is 6. The highest BCUT2D eigenvalue weighted by molar-refractivity contribution is 7.91. The fraction of sp³-hybridized carbons (Fsp3) is 0.917. The minimum Gasteiger partial charge on any atom is -0.383 e. The van der Waals surface area contributed by atoms with Crippen LogP contribution in [-0.2, 0) is 24.1 Å². The molecule has 0 radical (unpaired) electrons. The first kappa shape index (κ1) is 17.4. The van der Waals surface area contributed by atoms with E-state index in [1.165, 1.54) is 0 Å². The van der Waals surface area contributed by atoms with Crippen LogP contribution >= 0.6 is 0 Å². The maximum Gasteiger partial charge on any atom is 0.224 e. The minimum atomic E-state index is -3.02. The number of methoxy groups -OCH3 is 2. The van der Waals surface area contributed by atoms with Gasteiger partial charge in [-0.1, -0.05) is 0 Å². The molecule has 1 aliphatic heterocycles. The molecule has 118 valence electrons. The highest BCUT2D eigenvalue weighted by atomic mass is 32.2. The van der Waals surface area contributed by atoms with Crippen molar-refractivity contribution >= 4 is 15.7 Å². The number of amides is 1. The molecule has 0 aromatic carbocycles. The predicted molar refractivity (Wildman–Crippen MR) is 75.4 cm³/mol. The fourth-order valence-electron chi connectivity index (χ4n) is 2.10. The number of carbonyl (C=O) groups is 1. The van der Waals surface area contributed by atoms with Gasteiger partial charge in [-0.2, -0.15) is 0 Å². The van der Waals surface area contributed by atoms with Gasteiger partial charge >= 0.3 is 0 Å². The molecule has 8 heteroatoms. The van der Waals surface area contributed by atoms with Gasteiger partial charge in [0.2, 0.25) is 5.91 Å². The molecule has 1 heterocycles. The molecule has 1 amide bonds. The highest BCUT2D eigenvalue weighted by Gasteiger charge is 2.27. The molecule has 1 N–H and O–H groups in total. The molecule has 20 heavy (non-hydrogen) atoms. The zero-order valence-corrected chi connectivity index (χ0v) is 12.9. The molecule has 1 unspecified atom stereocenters. The van der Waals surface area contributed by atoms with Crippen molar-refractivity contribution in [3.05, 3.63) is 0 Å². The van der Waals surface area contributed by atoms with Crippen molar-refractivity contribution in [3.8, 4) is 0 Å². The fourth-order valence-corrected chi connectivity index (χ4v) is 3.55. The molecule has 0 aromatic rings. The Hall–Kier alpha value is -0.700. The van der Waals surface area contributed by atoms with Crippen LogP contribution in [0.1, 0.15) is 6.42 Å². The van der Waals surface area contributed by atoms with E-state index >= 15 is 0 Å². The van der Waals surface area contributed by atoms with E-state index < -0.39 is 9.84 Å². The van der Waals surface area contributed by atoms with Crippen LogP contribution in [0.2, 0.25) is 0 Å². The lowest BCUT2D eigenvalue weighted by Crippen LogP contribution is -2.48. The van der Waals surface area contributed by atoms with Crippen LogP contribution in [0, 0.1) is 0 Å². The molecule has 1 atom stereocenters. The standard InChI is InChI=1S/C12H24N2O5S/c1-18-6-4-14(5-7-19-2)12(15)9-11-10-20(16,17)8-3-13-11/h11,13H,3-10H2,1-2H3. The van der Waals surface area contributed by atoms with E-state index in [2.05, 4.69) is 5.32 Å². The highest BCUT2D eigenvalue weighted by Crippen LogP contribution is 2.07. The molecule has 1 fully saturated rings. The number of carbonyl (C=O) groups excluding carboxylic acids is 1.